The highest BCUT2D eigenvalue weighted by molar-refractivity contribution is 7.12. The smallest absolute Gasteiger partial charge is 0.323 e. The van der Waals surface area contributed by atoms with E-state index in [0.29, 0.717) is 21.9 Å². The van der Waals surface area contributed by atoms with E-state index in [0.717, 1.165) is 0 Å². The van der Waals surface area contributed by atoms with E-state index in [1.54, 1.807) is 48.5 Å². The predicted octanol–water partition coefficient (Wildman–Crippen LogP) is 4.15. The van der Waals surface area contributed by atoms with Gasteiger partial charge in [0, 0.05) is 30.0 Å². The van der Waals surface area contributed by atoms with Crippen LogP contribution < -0.4 is 21.3 Å². The van der Waals surface area contributed by atoms with Crippen LogP contribution in [-0.2, 0) is 4.79 Å². The second kappa shape index (κ2) is 10.0. The van der Waals surface area contributed by atoms with Gasteiger partial charge in [-0.3, -0.25) is 9.59 Å². The summed E-state index contributed by atoms with van der Waals surface area (Å²) in [4.78, 5) is 36.6. The van der Waals surface area contributed by atoms with Crippen molar-refractivity contribution in [3.8, 4) is 0 Å². The Kier molecular flexibility index (Phi) is 6.96. The predicted molar refractivity (Wildman–Crippen MR) is 115 cm³/mol. The number of urea groups is 1. The Bertz CT molecular complexity index is 975. The minimum atomic E-state index is -0.379. The Morgan fingerprint density at radius 2 is 1.45 bits per heavy atom. The van der Waals surface area contributed by atoms with Crippen molar-refractivity contribution < 1.29 is 14.4 Å². The number of hydrogen-bond donors (Lipinski definition) is 4. The summed E-state index contributed by atoms with van der Waals surface area (Å²) in [5.74, 6) is -0.425. The molecule has 1 heterocycles. The summed E-state index contributed by atoms with van der Waals surface area (Å²) < 4.78 is 0. The second-order valence-corrected chi connectivity index (χ2v) is 7.01. The van der Waals surface area contributed by atoms with E-state index in [2.05, 4.69) is 21.3 Å². The zero-order valence-corrected chi connectivity index (χ0v) is 16.3. The number of para-hydroxylation sites is 1. The van der Waals surface area contributed by atoms with Gasteiger partial charge in [0.25, 0.3) is 5.91 Å². The first-order chi connectivity index (χ1) is 14.1. The van der Waals surface area contributed by atoms with Crippen LogP contribution in [-0.4, -0.2) is 24.4 Å². The van der Waals surface area contributed by atoms with Gasteiger partial charge in [0.1, 0.15) is 0 Å². The van der Waals surface area contributed by atoms with Gasteiger partial charge in [-0.1, -0.05) is 30.3 Å². The van der Waals surface area contributed by atoms with Crippen LogP contribution in [0.15, 0.2) is 72.1 Å². The molecule has 0 spiro atoms. The van der Waals surface area contributed by atoms with Crippen LogP contribution >= 0.6 is 11.3 Å². The van der Waals surface area contributed by atoms with Crippen molar-refractivity contribution in [1.29, 1.82) is 0 Å². The van der Waals surface area contributed by atoms with Crippen LogP contribution in [0.25, 0.3) is 0 Å². The molecule has 0 saturated heterocycles. The molecule has 0 aliphatic rings. The summed E-state index contributed by atoms with van der Waals surface area (Å²) in [5.41, 5.74) is 1.78. The maximum absolute atomic E-state index is 12.1. The monoisotopic (exact) mass is 408 g/mol. The third-order valence-corrected chi connectivity index (χ3v) is 4.69. The molecule has 0 saturated carbocycles. The lowest BCUT2D eigenvalue weighted by atomic mass is 10.2. The normalized spacial score (nSPS) is 10.1. The molecule has 0 aliphatic heterocycles. The lowest BCUT2D eigenvalue weighted by Gasteiger charge is -2.10. The average Bonchev–Trinajstić information content (AvgIpc) is 3.24. The van der Waals surface area contributed by atoms with Crippen LogP contribution in [0, 0.1) is 0 Å². The van der Waals surface area contributed by atoms with Crippen molar-refractivity contribution in [3.63, 3.8) is 0 Å². The van der Waals surface area contributed by atoms with Gasteiger partial charge in [0.15, 0.2) is 0 Å². The van der Waals surface area contributed by atoms with E-state index >= 15 is 0 Å². The molecule has 3 rings (SSSR count). The first kappa shape index (κ1) is 20.1. The summed E-state index contributed by atoms with van der Waals surface area (Å²) >= 11 is 1.35. The fourth-order valence-electron chi connectivity index (χ4n) is 2.50. The van der Waals surface area contributed by atoms with Crippen molar-refractivity contribution >= 4 is 46.2 Å². The Labute approximate surface area is 172 Å². The highest BCUT2D eigenvalue weighted by atomic mass is 32.1. The quantitative estimate of drug-likeness (QED) is 0.472. The first-order valence-corrected chi connectivity index (χ1v) is 9.83. The summed E-state index contributed by atoms with van der Waals surface area (Å²) in [5, 5.41) is 12.7. The number of hydrogen-bond acceptors (Lipinski definition) is 4. The Balaban J connectivity index is 1.45. The van der Waals surface area contributed by atoms with Gasteiger partial charge in [0.2, 0.25) is 5.91 Å². The second-order valence-electron chi connectivity index (χ2n) is 6.06. The molecule has 7 nitrogen and oxygen atoms in total. The Hall–Kier alpha value is -3.65. The molecule has 8 heteroatoms. The van der Waals surface area contributed by atoms with Crippen molar-refractivity contribution in [2.45, 2.75) is 6.42 Å². The lowest BCUT2D eigenvalue weighted by Crippen LogP contribution is -2.27. The molecule has 3 aromatic rings. The van der Waals surface area contributed by atoms with Gasteiger partial charge in [-0.05, 0) is 41.8 Å². The molecule has 0 radical (unpaired) electrons. The molecular formula is C21H20N4O3S. The van der Waals surface area contributed by atoms with Crippen molar-refractivity contribution in [2.24, 2.45) is 0 Å². The highest BCUT2D eigenvalue weighted by Gasteiger charge is 2.08. The van der Waals surface area contributed by atoms with E-state index in [1.807, 2.05) is 23.6 Å². The molecule has 4 N–H and O–H groups in total. The highest BCUT2D eigenvalue weighted by Crippen LogP contribution is 2.16. The molecule has 2 aromatic carbocycles. The number of thiophene rings is 1. The Morgan fingerprint density at radius 1 is 0.759 bits per heavy atom. The number of carbonyl (C=O) groups excluding carboxylic acids is 3. The molecule has 0 atom stereocenters. The number of carbonyl (C=O) groups is 3. The molecule has 29 heavy (non-hydrogen) atoms. The summed E-state index contributed by atoms with van der Waals surface area (Å²) in [6.07, 6.45) is 0.142. The van der Waals surface area contributed by atoms with E-state index < -0.39 is 0 Å². The van der Waals surface area contributed by atoms with Crippen LogP contribution in [0.2, 0.25) is 0 Å². The van der Waals surface area contributed by atoms with Gasteiger partial charge in [0.05, 0.1) is 4.88 Å². The maximum Gasteiger partial charge on any atom is 0.323 e. The summed E-state index contributed by atoms with van der Waals surface area (Å²) in [7, 11) is 0. The zero-order valence-electron chi connectivity index (χ0n) is 15.5. The molecule has 0 unspecified atom stereocenters. The number of amides is 4. The fraction of sp³-hybridized carbons (Fsp3) is 0.0952. The average molecular weight is 408 g/mol. The minimum Gasteiger partial charge on any atom is -0.351 e. The maximum atomic E-state index is 12.1. The van der Waals surface area contributed by atoms with Crippen LogP contribution in [0.4, 0.5) is 21.9 Å². The Morgan fingerprint density at radius 3 is 2.17 bits per heavy atom. The van der Waals surface area contributed by atoms with Crippen LogP contribution in [0.5, 0.6) is 0 Å². The number of anilines is 3. The van der Waals surface area contributed by atoms with Crippen molar-refractivity contribution in [3.05, 3.63) is 77.0 Å². The topological polar surface area (TPSA) is 99.3 Å². The molecular weight excluding hydrogens is 388 g/mol. The molecule has 148 valence electrons. The fourth-order valence-corrected chi connectivity index (χ4v) is 3.14. The van der Waals surface area contributed by atoms with Crippen LogP contribution in [0.3, 0.4) is 0 Å². The SMILES string of the molecule is O=C(CCNC(=O)c1cccs1)Nc1cccc(NC(=O)Nc2ccccc2)c1. The number of nitrogens with one attached hydrogen (secondary N) is 4. The van der Waals surface area contributed by atoms with Gasteiger partial charge in [-0.15, -0.1) is 11.3 Å². The number of rotatable bonds is 7. The summed E-state index contributed by atoms with van der Waals surface area (Å²) in [6.45, 7) is 0.236. The van der Waals surface area contributed by atoms with Gasteiger partial charge >= 0.3 is 6.03 Å². The molecule has 4 amide bonds. The van der Waals surface area contributed by atoms with Crippen molar-refractivity contribution in [2.75, 3.05) is 22.5 Å². The number of benzene rings is 2. The first-order valence-electron chi connectivity index (χ1n) is 8.95. The van der Waals surface area contributed by atoms with Gasteiger partial charge in [-0.2, -0.15) is 0 Å². The van der Waals surface area contributed by atoms with E-state index in [1.165, 1.54) is 11.3 Å². The third-order valence-electron chi connectivity index (χ3n) is 3.82. The van der Waals surface area contributed by atoms with Gasteiger partial charge in [-0.25, -0.2) is 4.79 Å². The summed E-state index contributed by atoms with van der Waals surface area (Å²) in [6, 6.07) is 19.1. The van der Waals surface area contributed by atoms with E-state index in [-0.39, 0.29) is 30.8 Å². The van der Waals surface area contributed by atoms with Crippen molar-refractivity contribution in [1.82, 2.24) is 5.32 Å². The van der Waals surface area contributed by atoms with E-state index in [4.69, 9.17) is 0 Å². The van der Waals surface area contributed by atoms with Gasteiger partial charge < -0.3 is 21.3 Å². The molecule has 0 bridgehead atoms. The molecule has 1 aromatic heterocycles. The molecule has 0 fully saturated rings. The zero-order chi connectivity index (χ0) is 20.5. The van der Waals surface area contributed by atoms with Crippen LogP contribution in [0.1, 0.15) is 16.1 Å². The third kappa shape index (κ3) is 6.47. The minimum absolute atomic E-state index is 0.142. The lowest BCUT2D eigenvalue weighted by molar-refractivity contribution is -0.116. The van der Waals surface area contributed by atoms with E-state index in [9.17, 15) is 14.4 Å². The molecule has 0 aliphatic carbocycles. The largest absolute Gasteiger partial charge is 0.351 e. The standard InChI is InChI=1S/C21H20N4O3S/c26-19(11-12-22-20(27)18-10-5-13-29-18)23-16-8-4-9-17(14-16)25-21(28)24-15-6-2-1-3-7-15/h1-10,13-14H,11-12H2,(H,22,27)(H,23,26)(H2,24,25,28).